The number of carboxylic acids is 1. The molecule has 0 heterocycles. The van der Waals surface area contributed by atoms with E-state index in [1.807, 2.05) is 0 Å². The average molecular weight is 372 g/mol. The van der Waals surface area contributed by atoms with Crippen molar-refractivity contribution in [1.29, 1.82) is 0 Å². The van der Waals surface area contributed by atoms with Gasteiger partial charge in [-0.15, -0.1) is 0 Å². The molecule has 0 spiro atoms. The summed E-state index contributed by atoms with van der Waals surface area (Å²) in [5, 5.41) is 11.1. The first-order valence-electron chi connectivity index (χ1n) is 7.30. The standard InChI is InChI=1S/C15H20N2O7S/c1-4-24-14(20)10-7-11(9-12(8-10)25(3,22)23)16-15(21)17(2)6-5-13(18)19/h7-9H,4-6H2,1-3H3,(H,16,21)(H,18,19). The molecule has 0 aliphatic rings. The molecule has 0 fully saturated rings. The number of aliphatic carboxylic acids is 1. The SMILES string of the molecule is CCOC(=O)c1cc(NC(=O)N(C)CCC(=O)O)cc(S(C)(=O)=O)c1. The number of amides is 2. The second-order valence-electron chi connectivity index (χ2n) is 5.23. The Hall–Kier alpha value is -2.62. The van der Waals surface area contributed by atoms with E-state index in [9.17, 15) is 22.8 Å². The topological polar surface area (TPSA) is 130 Å². The van der Waals surface area contributed by atoms with E-state index in [0.717, 1.165) is 17.2 Å². The molecule has 9 nitrogen and oxygen atoms in total. The highest BCUT2D eigenvalue weighted by molar-refractivity contribution is 7.90. The number of carbonyl (C=O) groups excluding carboxylic acids is 2. The largest absolute Gasteiger partial charge is 0.481 e. The lowest BCUT2D eigenvalue weighted by Gasteiger charge is -2.17. The number of sulfone groups is 1. The summed E-state index contributed by atoms with van der Waals surface area (Å²) in [7, 11) is -2.23. The molecule has 0 aliphatic heterocycles. The van der Waals surface area contributed by atoms with Crippen molar-refractivity contribution in [2.45, 2.75) is 18.2 Å². The molecule has 2 N–H and O–H groups in total. The van der Waals surface area contributed by atoms with Gasteiger partial charge in [-0.05, 0) is 25.1 Å². The van der Waals surface area contributed by atoms with Gasteiger partial charge in [-0.25, -0.2) is 18.0 Å². The molecule has 10 heteroatoms. The minimum absolute atomic E-state index is 0.0201. The van der Waals surface area contributed by atoms with Crippen LogP contribution in [0.1, 0.15) is 23.7 Å². The van der Waals surface area contributed by atoms with Crippen molar-refractivity contribution in [3.05, 3.63) is 23.8 Å². The molecule has 1 aromatic carbocycles. The zero-order valence-electron chi connectivity index (χ0n) is 14.1. The predicted octanol–water partition coefficient (Wildman–Crippen LogP) is 1.21. The van der Waals surface area contributed by atoms with E-state index < -0.39 is 27.8 Å². The summed E-state index contributed by atoms with van der Waals surface area (Å²) in [5.41, 5.74) is 0.0615. The lowest BCUT2D eigenvalue weighted by molar-refractivity contribution is -0.137. The number of hydrogen-bond acceptors (Lipinski definition) is 6. The number of urea groups is 1. The summed E-state index contributed by atoms with van der Waals surface area (Å²) in [6.07, 6.45) is 0.739. The molecule has 1 aromatic rings. The first kappa shape index (κ1) is 20.4. The minimum Gasteiger partial charge on any atom is -0.481 e. The maximum atomic E-state index is 12.0. The van der Waals surface area contributed by atoms with Gasteiger partial charge in [0.15, 0.2) is 9.84 Å². The number of rotatable bonds is 7. The lowest BCUT2D eigenvalue weighted by Crippen LogP contribution is -2.33. The highest BCUT2D eigenvalue weighted by Crippen LogP contribution is 2.20. The van der Waals surface area contributed by atoms with Crippen molar-refractivity contribution in [3.8, 4) is 0 Å². The lowest BCUT2D eigenvalue weighted by atomic mass is 10.2. The van der Waals surface area contributed by atoms with E-state index >= 15 is 0 Å². The maximum absolute atomic E-state index is 12.0. The zero-order valence-corrected chi connectivity index (χ0v) is 14.9. The van der Waals surface area contributed by atoms with E-state index in [0.29, 0.717) is 0 Å². The van der Waals surface area contributed by atoms with Gasteiger partial charge in [0.1, 0.15) is 0 Å². The van der Waals surface area contributed by atoms with E-state index in [-0.39, 0.29) is 35.7 Å². The van der Waals surface area contributed by atoms with Gasteiger partial charge < -0.3 is 20.1 Å². The molecule has 0 atom stereocenters. The van der Waals surface area contributed by atoms with Crippen LogP contribution >= 0.6 is 0 Å². The first-order chi connectivity index (χ1) is 11.5. The van der Waals surface area contributed by atoms with Gasteiger partial charge in [0.2, 0.25) is 0 Å². The molecule has 0 bridgehead atoms. The summed E-state index contributed by atoms with van der Waals surface area (Å²) in [4.78, 5) is 35.4. The summed E-state index contributed by atoms with van der Waals surface area (Å²) >= 11 is 0. The van der Waals surface area contributed by atoms with Gasteiger partial charge in [0.25, 0.3) is 0 Å². The Morgan fingerprint density at radius 1 is 1.24 bits per heavy atom. The quantitative estimate of drug-likeness (QED) is 0.688. The number of carboxylic acid groups (broad SMARTS) is 1. The third kappa shape index (κ3) is 6.42. The summed E-state index contributed by atoms with van der Waals surface area (Å²) < 4.78 is 28.4. The Morgan fingerprint density at radius 2 is 1.88 bits per heavy atom. The van der Waals surface area contributed by atoms with Crippen molar-refractivity contribution >= 4 is 33.5 Å². The molecule has 138 valence electrons. The average Bonchev–Trinajstić information content (AvgIpc) is 2.51. The second-order valence-corrected chi connectivity index (χ2v) is 7.25. The number of carbonyl (C=O) groups is 3. The number of hydrogen-bond donors (Lipinski definition) is 2. The van der Waals surface area contributed by atoms with E-state index in [1.165, 1.54) is 19.2 Å². The van der Waals surface area contributed by atoms with Crippen molar-refractivity contribution in [1.82, 2.24) is 4.90 Å². The molecule has 1 rings (SSSR count). The number of anilines is 1. The van der Waals surface area contributed by atoms with Gasteiger partial charge in [-0.1, -0.05) is 0 Å². The van der Waals surface area contributed by atoms with Crippen LogP contribution in [0, 0.1) is 0 Å². The maximum Gasteiger partial charge on any atom is 0.338 e. The first-order valence-corrected chi connectivity index (χ1v) is 9.20. The van der Waals surface area contributed by atoms with Crippen LogP contribution in [-0.2, 0) is 19.4 Å². The second kappa shape index (κ2) is 8.47. The Labute approximate surface area is 145 Å². The van der Waals surface area contributed by atoms with Crippen LogP contribution in [0.25, 0.3) is 0 Å². The van der Waals surface area contributed by atoms with Crippen molar-refractivity contribution in [2.24, 2.45) is 0 Å². The molecular weight excluding hydrogens is 352 g/mol. The van der Waals surface area contributed by atoms with E-state index in [4.69, 9.17) is 9.84 Å². The minimum atomic E-state index is -3.62. The van der Waals surface area contributed by atoms with Gasteiger partial charge >= 0.3 is 18.0 Å². The van der Waals surface area contributed by atoms with Crippen LogP contribution in [0.5, 0.6) is 0 Å². The normalized spacial score (nSPS) is 10.8. The number of esters is 1. The van der Waals surface area contributed by atoms with Gasteiger partial charge in [-0.3, -0.25) is 4.79 Å². The van der Waals surface area contributed by atoms with Crippen molar-refractivity contribution < 1.29 is 32.6 Å². The monoisotopic (exact) mass is 372 g/mol. The van der Waals surface area contributed by atoms with Crippen LogP contribution in [0.15, 0.2) is 23.1 Å². The van der Waals surface area contributed by atoms with Crippen molar-refractivity contribution in [2.75, 3.05) is 31.8 Å². The zero-order chi connectivity index (χ0) is 19.2. The van der Waals surface area contributed by atoms with Crippen LogP contribution in [0.3, 0.4) is 0 Å². The Balaban J connectivity index is 3.09. The Bertz CT molecular complexity index is 774. The third-order valence-corrected chi connectivity index (χ3v) is 4.20. The highest BCUT2D eigenvalue weighted by Gasteiger charge is 2.17. The molecule has 0 radical (unpaired) electrons. The van der Waals surface area contributed by atoms with Crippen LogP contribution in [-0.4, -0.2) is 62.8 Å². The Kier molecular flexibility index (Phi) is 6.92. The summed E-state index contributed by atoms with van der Waals surface area (Å²) in [6.45, 7) is 1.69. The molecule has 0 saturated carbocycles. The predicted molar refractivity (Wildman–Crippen MR) is 89.4 cm³/mol. The van der Waals surface area contributed by atoms with Gasteiger partial charge in [-0.2, -0.15) is 0 Å². The number of nitrogens with one attached hydrogen (secondary N) is 1. The molecule has 2 amide bonds. The number of nitrogens with zero attached hydrogens (tertiary/aromatic N) is 1. The van der Waals surface area contributed by atoms with E-state index in [2.05, 4.69) is 5.32 Å². The molecule has 25 heavy (non-hydrogen) atoms. The Morgan fingerprint density at radius 3 is 2.40 bits per heavy atom. The molecule has 0 aliphatic carbocycles. The van der Waals surface area contributed by atoms with Gasteiger partial charge in [0.05, 0.1) is 23.5 Å². The van der Waals surface area contributed by atoms with Crippen LogP contribution in [0.4, 0.5) is 10.5 Å². The summed E-state index contributed by atoms with van der Waals surface area (Å²) in [6, 6.07) is 3.02. The highest BCUT2D eigenvalue weighted by atomic mass is 32.2. The van der Waals surface area contributed by atoms with Crippen molar-refractivity contribution in [3.63, 3.8) is 0 Å². The molecule has 0 saturated heterocycles. The fourth-order valence-corrected chi connectivity index (χ4v) is 2.48. The molecular formula is C15H20N2O7S. The fraction of sp³-hybridized carbons (Fsp3) is 0.400. The third-order valence-electron chi connectivity index (χ3n) is 3.10. The van der Waals surface area contributed by atoms with E-state index in [1.54, 1.807) is 6.92 Å². The van der Waals surface area contributed by atoms with Crippen LogP contribution < -0.4 is 5.32 Å². The summed E-state index contributed by atoms with van der Waals surface area (Å²) in [5.74, 6) is -1.77. The van der Waals surface area contributed by atoms with Gasteiger partial charge in [0, 0.05) is 25.5 Å². The fourth-order valence-electron chi connectivity index (χ4n) is 1.80. The van der Waals surface area contributed by atoms with Crippen LogP contribution in [0.2, 0.25) is 0 Å². The smallest absolute Gasteiger partial charge is 0.338 e. The molecule has 0 unspecified atom stereocenters. The molecule has 0 aromatic heterocycles. The number of ether oxygens (including phenoxy) is 1. The number of benzene rings is 1.